The molecule has 0 bridgehead atoms. The van der Waals surface area contributed by atoms with Crippen LogP contribution in [0.15, 0.2) is 41.1 Å². The lowest BCUT2D eigenvalue weighted by atomic mass is 10.2. The van der Waals surface area contributed by atoms with Gasteiger partial charge in [-0.3, -0.25) is 4.98 Å². The van der Waals surface area contributed by atoms with Gasteiger partial charge in [0.2, 0.25) is 0 Å². The number of aromatic nitrogens is 1. The number of methoxy groups -OCH3 is 2. The Kier molecular flexibility index (Phi) is 5.38. The van der Waals surface area contributed by atoms with Gasteiger partial charge in [-0.25, -0.2) is 0 Å². The smallest absolute Gasteiger partial charge is 0.161 e. The molecule has 1 heterocycles. The van der Waals surface area contributed by atoms with Gasteiger partial charge in [0.15, 0.2) is 11.5 Å². The predicted octanol–water partition coefficient (Wildman–Crippen LogP) is 3.15. The number of hydrogen-bond acceptors (Lipinski definition) is 4. The van der Waals surface area contributed by atoms with E-state index in [0.717, 1.165) is 34.6 Å². The number of rotatable bonds is 6. The van der Waals surface area contributed by atoms with E-state index in [2.05, 4.69) is 26.2 Å². The SMILES string of the molecule is COc1cc(Br)c(CNCc2ccncc2)cc1OC. The number of nitrogens with one attached hydrogen (secondary N) is 1. The summed E-state index contributed by atoms with van der Waals surface area (Å²) in [5, 5.41) is 3.39. The van der Waals surface area contributed by atoms with Crippen LogP contribution in [0.3, 0.4) is 0 Å². The normalized spacial score (nSPS) is 10.3. The molecule has 0 saturated heterocycles. The lowest BCUT2D eigenvalue weighted by Crippen LogP contribution is -2.13. The molecule has 0 amide bonds. The largest absolute Gasteiger partial charge is 0.493 e. The van der Waals surface area contributed by atoms with E-state index in [1.54, 1.807) is 26.6 Å². The Morgan fingerprint density at radius 2 is 1.70 bits per heavy atom. The van der Waals surface area contributed by atoms with Gasteiger partial charge in [0, 0.05) is 30.0 Å². The van der Waals surface area contributed by atoms with Crippen LogP contribution in [0.1, 0.15) is 11.1 Å². The number of hydrogen-bond donors (Lipinski definition) is 1. The molecule has 0 aliphatic carbocycles. The van der Waals surface area contributed by atoms with Gasteiger partial charge in [-0.2, -0.15) is 0 Å². The monoisotopic (exact) mass is 336 g/mol. The molecule has 2 aromatic rings. The molecule has 0 aliphatic rings. The molecular formula is C15H17BrN2O2. The van der Waals surface area contributed by atoms with Crippen molar-refractivity contribution in [2.75, 3.05) is 14.2 Å². The molecule has 106 valence electrons. The van der Waals surface area contributed by atoms with Crippen molar-refractivity contribution in [3.63, 3.8) is 0 Å². The Morgan fingerprint density at radius 3 is 2.35 bits per heavy atom. The maximum absolute atomic E-state index is 5.31. The zero-order valence-corrected chi connectivity index (χ0v) is 13.1. The van der Waals surface area contributed by atoms with Gasteiger partial charge in [0.25, 0.3) is 0 Å². The lowest BCUT2D eigenvalue weighted by molar-refractivity contribution is 0.354. The fraction of sp³-hybridized carbons (Fsp3) is 0.267. The molecule has 0 fully saturated rings. The van der Waals surface area contributed by atoms with Crippen LogP contribution in [-0.4, -0.2) is 19.2 Å². The number of halogens is 1. The Labute approximate surface area is 127 Å². The van der Waals surface area contributed by atoms with E-state index in [-0.39, 0.29) is 0 Å². The summed E-state index contributed by atoms with van der Waals surface area (Å²) < 4.78 is 11.6. The first kappa shape index (κ1) is 14.8. The number of pyridine rings is 1. The summed E-state index contributed by atoms with van der Waals surface area (Å²) in [4.78, 5) is 4.00. The molecule has 0 atom stereocenters. The van der Waals surface area contributed by atoms with Crippen molar-refractivity contribution in [1.29, 1.82) is 0 Å². The maximum Gasteiger partial charge on any atom is 0.161 e. The van der Waals surface area contributed by atoms with Gasteiger partial charge in [-0.05, 0) is 35.4 Å². The second kappa shape index (κ2) is 7.26. The van der Waals surface area contributed by atoms with Crippen LogP contribution in [0.25, 0.3) is 0 Å². The number of benzene rings is 1. The van der Waals surface area contributed by atoms with Crippen LogP contribution in [0.5, 0.6) is 11.5 Å². The second-order valence-electron chi connectivity index (χ2n) is 4.26. The van der Waals surface area contributed by atoms with Crippen molar-refractivity contribution in [1.82, 2.24) is 10.3 Å². The van der Waals surface area contributed by atoms with Gasteiger partial charge in [0.05, 0.1) is 14.2 Å². The first-order valence-electron chi connectivity index (χ1n) is 6.24. The minimum atomic E-state index is 0.720. The van der Waals surface area contributed by atoms with E-state index in [4.69, 9.17) is 9.47 Å². The molecule has 0 aliphatic heterocycles. The molecule has 0 radical (unpaired) electrons. The van der Waals surface area contributed by atoms with E-state index >= 15 is 0 Å². The summed E-state index contributed by atoms with van der Waals surface area (Å²) >= 11 is 3.55. The lowest BCUT2D eigenvalue weighted by Gasteiger charge is -2.12. The van der Waals surface area contributed by atoms with Crippen molar-refractivity contribution in [3.05, 3.63) is 52.3 Å². The van der Waals surface area contributed by atoms with Gasteiger partial charge in [-0.1, -0.05) is 15.9 Å². The topological polar surface area (TPSA) is 43.4 Å². The number of nitrogens with zero attached hydrogens (tertiary/aromatic N) is 1. The molecule has 1 aromatic carbocycles. The first-order valence-corrected chi connectivity index (χ1v) is 7.04. The standard InChI is InChI=1S/C15H17BrN2O2/c1-19-14-7-12(13(16)8-15(14)20-2)10-18-9-11-3-5-17-6-4-11/h3-8,18H,9-10H2,1-2H3. The zero-order valence-electron chi connectivity index (χ0n) is 11.5. The van der Waals surface area contributed by atoms with E-state index in [0.29, 0.717) is 0 Å². The summed E-state index contributed by atoms with van der Waals surface area (Å²) in [7, 11) is 3.27. The Balaban J connectivity index is 2.02. The molecule has 0 spiro atoms. The van der Waals surface area contributed by atoms with E-state index < -0.39 is 0 Å². The van der Waals surface area contributed by atoms with Crippen molar-refractivity contribution in [2.45, 2.75) is 13.1 Å². The second-order valence-corrected chi connectivity index (χ2v) is 5.11. The van der Waals surface area contributed by atoms with E-state index in [9.17, 15) is 0 Å². The Hall–Kier alpha value is -1.59. The molecule has 5 heteroatoms. The van der Waals surface area contributed by atoms with Crippen LogP contribution in [-0.2, 0) is 13.1 Å². The highest BCUT2D eigenvalue weighted by molar-refractivity contribution is 9.10. The summed E-state index contributed by atoms with van der Waals surface area (Å²) in [6.07, 6.45) is 3.59. The third-order valence-corrected chi connectivity index (χ3v) is 3.68. The predicted molar refractivity (Wildman–Crippen MR) is 82.0 cm³/mol. The summed E-state index contributed by atoms with van der Waals surface area (Å²) in [5.74, 6) is 1.45. The van der Waals surface area contributed by atoms with E-state index in [1.165, 1.54) is 5.56 Å². The zero-order chi connectivity index (χ0) is 14.4. The molecule has 0 saturated carbocycles. The van der Waals surface area contributed by atoms with Crippen LogP contribution >= 0.6 is 15.9 Å². The molecule has 4 nitrogen and oxygen atoms in total. The molecule has 0 unspecified atom stereocenters. The fourth-order valence-electron chi connectivity index (χ4n) is 1.87. The molecule has 20 heavy (non-hydrogen) atoms. The highest BCUT2D eigenvalue weighted by Crippen LogP contribution is 2.33. The third-order valence-electron chi connectivity index (χ3n) is 2.95. The van der Waals surface area contributed by atoms with Gasteiger partial charge in [-0.15, -0.1) is 0 Å². The summed E-state index contributed by atoms with van der Waals surface area (Å²) in [6, 6.07) is 7.89. The molecule has 1 aromatic heterocycles. The third kappa shape index (κ3) is 3.71. The summed E-state index contributed by atoms with van der Waals surface area (Å²) in [5.41, 5.74) is 2.33. The van der Waals surface area contributed by atoms with Crippen molar-refractivity contribution < 1.29 is 9.47 Å². The minimum absolute atomic E-state index is 0.720. The fourth-order valence-corrected chi connectivity index (χ4v) is 2.34. The van der Waals surface area contributed by atoms with Crippen molar-refractivity contribution >= 4 is 15.9 Å². The van der Waals surface area contributed by atoms with Crippen LogP contribution in [0, 0.1) is 0 Å². The Morgan fingerprint density at radius 1 is 1.05 bits per heavy atom. The van der Waals surface area contributed by atoms with Crippen molar-refractivity contribution in [3.8, 4) is 11.5 Å². The van der Waals surface area contributed by atoms with Gasteiger partial charge < -0.3 is 14.8 Å². The van der Waals surface area contributed by atoms with Crippen LogP contribution < -0.4 is 14.8 Å². The van der Waals surface area contributed by atoms with Crippen molar-refractivity contribution in [2.24, 2.45) is 0 Å². The van der Waals surface area contributed by atoms with Gasteiger partial charge >= 0.3 is 0 Å². The highest BCUT2D eigenvalue weighted by Gasteiger charge is 2.09. The average molecular weight is 337 g/mol. The quantitative estimate of drug-likeness (QED) is 0.879. The molecule has 2 rings (SSSR count). The first-order chi connectivity index (χ1) is 9.74. The Bertz CT molecular complexity index is 561. The van der Waals surface area contributed by atoms with Crippen LogP contribution in [0.4, 0.5) is 0 Å². The van der Waals surface area contributed by atoms with E-state index in [1.807, 2.05) is 24.3 Å². The average Bonchev–Trinajstić information content (AvgIpc) is 2.49. The van der Waals surface area contributed by atoms with Gasteiger partial charge in [0.1, 0.15) is 0 Å². The minimum Gasteiger partial charge on any atom is -0.493 e. The maximum atomic E-state index is 5.31. The van der Waals surface area contributed by atoms with Crippen LogP contribution in [0.2, 0.25) is 0 Å². The molecular weight excluding hydrogens is 320 g/mol. The summed E-state index contributed by atoms with van der Waals surface area (Å²) in [6.45, 7) is 1.53. The molecule has 1 N–H and O–H groups in total. The highest BCUT2D eigenvalue weighted by atomic mass is 79.9. The number of ether oxygens (including phenoxy) is 2.